The number of amides is 1. The summed E-state index contributed by atoms with van der Waals surface area (Å²) in [6.45, 7) is 9.23. The lowest BCUT2D eigenvalue weighted by molar-refractivity contribution is -0.128. The normalized spacial score (nSPS) is 17.2. The highest BCUT2D eigenvalue weighted by atomic mass is 35.5. The summed E-state index contributed by atoms with van der Waals surface area (Å²) in [6, 6.07) is 4.34. The van der Waals surface area contributed by atoms with Gasteiger partial charge in [0.1, 0.15) is 18.5 Å². The van der Waals surface area contributed by atoms with Gasteiger partial charge < -0.3 is 10.1 Å². The fraction of sp³-hybridized carbons (Fsp3) is 0.227. The minimum atomic E-state index is -0.428. The predicted molar refractivity (Wildman–Crippen MR) is 121 cm³/mol. The van der Waals surface area contributed by atoms with Crippen LogP contribution in [-0.4, -0.2) is 59.6 Å². The topological polar surface area (TPSA) is 96.8 Å². The zero-order valence-electron chi connectivity index (χ0n) is 17.9. The number of halogens is 2. The van der Waals surface area contributed by atoms with Crippen molar-refractivity contribution < 1.29 is 18.7 Å². The number of carbonyl (C=O) groups is 2. The van der Waals surface area contributed by atoms with Crippen molar-refractivity contribution in [1.29, 1.82) is 0 Å². The number of aryl methyl sites for hydroxylation is 1. The summed E-state index contributed by atoms with van der Waals surface area (Å²) < 4.78 is 19.1. The van der Waals surface area contributed by atoms with Crippen molar-refractivity contribution >= 4 is 29.6 Å². The number of aromatic nitrogens is 2. The molecule has 0 aliphatic carbocycles. The summed E-state index contributed by atoms with van der Waals surface area (Å²) in [6.07, 6.45) is 3.13. The molecule has 1 fully saturated rings. The van der Waals surface area contributed by atoms with Gasteiger partial charge in [0, 0.05) is 18.8 Å². The van der Waals surface area contributed by atoms with Gasteiger partial charge in [0.2, 0.25) is 5.91 Å². The first-order chi connectivity index (χ1) is 15.2. The van der Waals surface area contributed by atoms with Crippen LogP contribution < -0.4 is 5.32 Å². The van der Waals surface area contributed by atoms with Crippen molar-refractivity contribution in [2.75, 3.05) is 20.7 Å². The number of likely N-dealkylation sites (N-methyl/N-ethyl adjacent to an activating group) is 2. The van der Waals surface area contributed by atoms with Crippen LogP contribution in [0.5, 0.6) is 0 Å². The van der Waals surface area contributed by atoms with Crippen LogP contribution in [0.25, 0.3) is 11.3 Å². The summed E-state index contributed by atoms with van der Waals surface area (Å²) in [4.78, 5) is 35.4. The van der Waals surface area contributed by atoms with Crippen molar-refractivity contribution in [3.8, 4) is 11.3 Å². The maximum Gasteiger partial charge on any atom is 0.248 e. The smallest absolute Gasteiger partial charge is 0.248 e. The number of benzene rings is 1. The standard InChI is InChI=1S/C12H8ClFN2O.C10H15N3O2/c1-7-2-3-8(10(14)4-7)12-9(13)5-15-11(6-17)16-12;1-5-12-9-7(2)15-6-8(11-3)10(14)13(9)4/h2-6H,1H3;5,8,11H,1-2,6H2,3-4H3/t;8-/m.0/s1. The van der Waals surface area contributed by atoms with Crippen LogP contribution in [0.4, 0.5) is 4.39 Å². The van der Waals surface area contributed by atoms with Gasteiger partial charge in [-0.1, -0.05) is 30.8 Å². The van der Waals surface area contributed by atoms with Crippen molar-refractivity contribution in [3.05, 3.63) is 71.7 Å². The second-order valence-corrected chi connectivity index (χ2v) is 7.04. The summed E-state index contributed by atoms with van der Waals surface area (Å²) in [5.41, 5.74) is 1.28. The van der Waals surface area contributed by atoms with E-state index in [1.54, 1.807) is 33.2 Å². The highest BCUT2D eigenvalue weighted by Crippen LogP contribution is 2.27. The first-order valence-electron chi connectivity index (χ1n) is 9.43. The molecule has 1 aliphatic rings. The molecule has 32 heavy (non-hydrogen) atoms. The number of hydrogen-bond donors (Lipinski definition) is 1. The number of carbonyl (C=O) groups excluding carboxylic acids is 2. The SMILES string of the molecule is C=CN=C1C(=C)OC[C@H](NC)C(=O)N1C.Cc1ccc(-c2nc(C=O)ncc2Cl)c(F)c1. The van der Waals surface area contributed by atoms with Crippen molar-refractivity contribution in [2.45, 2.75) is 13.0 Å². The summed E-state index contributed by atoms with van der Waals surface area (Å²) in [5.74, 6) is 0.222. The molecule has 0 saturated carbocycles. The van der Waals surface area contributed by atoms with Gasteiger partial charge in [0.25, 0.3) is 0 Å². The lowest BCUT2D eigenvalue weighted by Gasteiger charge is -2.18. The zero-order valence-corrected chi connectivity index (χ0v) is 18.7. The van der Waals surface area contributed by atoms with Crippen LogP contribution in [0.2, 0.25) is 5.02 Å². The molecule has 1 aliphatic heterocycles. The highest BCUT2D eigenvalue weighted by Gasteiger charge is 2.29. The number of rotatable bonds is 4. The average Bonchev–Trinajstić information content (AvgIpc) is 2.87. The van der Waals surface area contributed by atoms with Crippen LogP contribution in [0.1, 0.15) is 16.2 Å². The maximum absolute atomic E-state index is 13.7. The Kier molecular flexibility index (Phi) is 8.74. The van der Waals surface area contributed by atoms with Crippen LogP contribution >= 0.6 is 11.6 Å². The fourth-order valence-corrected chi connectivity index (χ4v) is 2.93. The molecule has 0 unspecified atom stereocenters. The monoisotopic (exact) mass is 459 g/mol. The van der Waals surface area contributed by atoms with E-state index in [4.69, 9.17) is 16.3 Å². The molecule has 1 saturated heterocycles. The minimum Gasteiger partial charge on any atom is -0.488 e. The van der Waals surface area contributed by atoms with E-state index in [2.05, 4.69) is 33.4 Å². The average molecular weight is 460 g/mol. The van der Waals surface area contributed by atoms with E-state index in [1.165, 1.54) is 23.4 Å². The molecule has 2 aromatic rings. The quantitative estimate of drug-likeness (QED) is 0.705. The van der Waals surface area contributed by atoms with Crippen molar-refractivity contribution in [1.82, 2.24) is 20.2 Å². The Morgan fingerprint density at radius 1 is 1.44 bits per heavy atom. The number of nitrogens with zero attached hydrogens (tertiary/aromatic N) is 4. The molecule has 0 radical (unpaired) electrons. The second-order valence-electron chi connectivity index (χ2n) is 6.63. The largest absolute Gasteiger partial charge is 0.488 e. The Morgan fingerprint density at radius 2 is 2.16 bits per heavy atom. The number of amidine groups is 1. The van der Waals surface area contributed by atoms with Crippen molar-refractivity contribution in [2.24, 2.45) is 4.99 Å². The molecule has 168 valence electrons. The Balaban J connectivity index is 0.000000229. The second kappa shape index (κ2) is 11.3. The third kappa shape index (κ3) is 5.83. The first kappa shape index (κ1) is 24.8. The number of hydrogen-bond acceptors (Lipinski definition) is 7. The van der Waals surface area contributed by atoms with E-state index >= 15 is 0 Å². The third-order valence-electron chi connectivity index (χ3n) is 4.43. The minimum absolute atomic E-state index is 0.0237. The van der Waals surface area contributed by atoms with E-state index < -0.39 is 5.82 Å². The Hall–Kier alpha value is -3.43. The van der Waals surface area contributed by atoms with Crippen LogP contribution in [-0.2, 0) is 9.53 Å². The Morgan fingerprint density at radius 3 is 2.75 bits per heavy atom. The third-order valence-corrected chi connectivity index (χ3v) is 4.71. The van der Waals surface area contributed by atoms with Gasteiger partial charge in [-0.2, -0.15) is 0 Å². The van der Waals surface area contributed by atoms with E-state index in [1.807, 2.05) is 0 Å². The molecular weight excluding hydrogens is 437 g/mol. The van der Waals surface area contributed by atoms with Crippen LogP contribution in [0, 0.1) is 12.7 Å². The van der Waals surface area contributed by atoms with Gasteiger partial charge in [-0.15, -0.1) is 0 Å². The Bertz CT molecular complexity index is 1070. The number of aldehydes is 1. The van der Waals surface area contributed by atoms with Gasteiger partial charge in [0.05, 0.1) is 16.9 Å². The molecule has 1 N–H and O–H groups in total. The van der Waals surface area contributed by atoms with E-state index in [9.17, 15) is 14.0 Å². The molecule has 1 atom stereocenters. The summed E-state index contributed by atoms with van der Waals surface area (Å²) >= 11 is 5.89. The summed E-state index contributed by atoms with van der Waals surface area (Å²) in [5, 5.41) is 3.08. The lowest BCUT2D eigenvalue weighted by Crippen LogP contribution is -2.45. The van der Waals surface area contributed by atoms with Gasteiger partial charge in [-0.3, -0.25) is 14.5 Å². The molecule has 1 aromatic heterocycles. The number of aliphatic imine (C=N–C) groups is 1. The van der Waals surface area contributed by atoms with Gasteiger partial charge in [0.15, 0.2) is 23.7 Å². The fourth-order valence-electron chi connectivity index (χ4n) is 2.74. The van der Waals surface area contributed by atoms with Gasteiger partial charge in [-0.25, -0.2) is 19.4 Å². The lowest BCUT2D eigenvalue weighted by atomic mass is 10.1. The highest BCUT2D eigenvalue weighted by molar-refractivity contribution is 6.32. The number of ether oxygens (including phenoxy) is 1. The molecule has 10 heteroatoms. The van der Waals surface area contributed by atoms with Crippen molar-refractivity contribution in [3.63, 3.8) is 0 Å². The summed E-state index contributed by atoms with van der Waals surface area (Å²) in [7, 11) is 3.34. The molecule has 1 aromatic carbocycles. The molecule has 1 amide bonds. The Labute approximate surface area is 190 Å². The molecule has 0 bridgehead atoms. The first-order valence-corrected chi connectivity index (χ1v) is 9.81. The molecule has 3 rings (SSSR count). The van der Waals surface area contributed by atoms with Gasteiger partial charge >= 0.3 is 0 Å². The van der Waals surface area contributed by atoms with E-state index in [0.29, 0.717) is 17.9 Å². The molecule has 2 heterocycles. The molecule has 8 nitrogen and oxygen atoms in total. The molecule has 0 spiro atoms. The molecular formula is C22H23ClFN5O3. The van der Waals surface area contributed by atoms with E-state index in [-0.39, 0.29) is 40.7 Å². The predicted octanol–water partition coefficient (Wildman–Crippen LogP) is 3.18. The van der Waals surface area contributed by atoms with Crippen LogP contribution in [0.15, 0.2) is 54.5 Å². The van der Waals surface area contributed by atoms with Gasteiger partial charge in [-0.05, 0) is 31.7 Å². The zero-order chi connectivity index (χ0) is 23.8. The van der Waals surface area contributed by atoms with E-state index in [0.717, 1.165) is 5.56 Å². The maximum atomic E-state index is 13.7. The van der Waals surface area contributed by atoms with Crippen LogP contribution in [0.3, 0.4) is 0 Å². The number of nitrogens with one attached hydrogen (secondary N) is 1.